The van der Waals surface area contributed by atoms with Crippen LogP contribution in [0.4, 0.5) is 4.79 Å². The zero-order valence-electron chi connectivity index (χ0n) is 20.0. The van der Waals surface area contributed by atoms with E-state index in [1.807, 2.05) is 65.0 Å². The third-order valence-corrected chi connectivity index (χ3v) is 5.81. The fourth-order valence-electron chi connectivity index (χ4n) is 4.33. The SMILES string of the molecule is COc1cc(C)cc(C)c1-c1ccc2ccc(C3CN(C(=O)OC(C)(C)C)CC3O)nc2n1. The van der Waals surface area contributed by atoms with E-state index in [-0.39, 0.29) is 12.5 Å². The Morgan fingerprint density at radius 3 is 2.52 bits per heavy atom. The second kappa shape index (κ2) is 8.63. The fraction of sp³-hybridized carbons (Fsp3) is 0.423. The average Bonchev–Trinajstić information content (AvgIpc) is 3.13. The molecule has 0 bridgehead atoms. The van der Waals surface area contributed by atoms with Crippen LogP contribution in [0.1, 0.15) is 43.5 Å². The molecule has 3 aromatic rings. The minimum absolute atomic E-state index is 0.215. The summed E-state index contributed by atoms with van der Waals surface area (Å²) >= 11 is 0. The summed E-state index contributed by atoms with van der Waals surface area (Å²) in [4.78, 5) is 23.6. The number of aliphatic hydroxyl groups excluding tert-OH is 1. The van der Waals surface area contributed by atoms with E-state index in [4.69, 9.17) is 19.4 Å². The van der Waals surface area contributed by atoms with E-state index in [9.17, 15) is 9.90 Å². The first-order valence-electron chi connectivity index (χ1n) is 11.1. The molecule has 1 saturated heterocycles. The zero-order valence-corrected chi connectivity index (χ0v) is 20.0. The molecule has 7 heteroatoms. The van der Waals surface area contributed by atoms with Gasteiger partial charge < -0.3 is 19.5 Å². The van der Waals surface area contributed by atoms with Gasteiger partial charge in [0, 0.05) is 23.4 Å². The molecule has 4 rings (SSSR count). The predicted molar refractivity (Wildman–Crippen MR) is 128 cm³/mol. The highest BCUT2D eigenvalue weighted by Crippen LogP contribution is 2.34. The van der Waals surface area contributed by atoms with Crippen LogP contribution < -0.4 is 4.74 Å². The van der Waals surface area contributed by atoms with Crippen LogP contribution in [0.5, 0.6) is 5.75 Å². The van der Waals surface area contributed by atoms with Crippen molar-refractivity contribution in [2.24, 2.45) is 0 Å². The van der Waals surface area contributed by atoms with E-state index >= 15 is 0 Å². The minimum Gasteiger partial charge on any atom is -0.496 e. The molecule has 1 aliphatic rings. The molecule has 174 valence electrons. The van der Waals surface area contributed by atoms with E-state index in [1.54, 1.807) is 7.11 Å². The van der Waals surface area contributed by atoms with Crippen molar-refractivity contribution in [3.05, 3.63) is 53.2 Å². The molecule has 2 unspecified atom stereocenters. The minimum atomic E-state index is -0.718. The van der Waals surface area contributed by atoms with Crippen LogP contribution in [-0.2, 0) is 4.74 Å². The summed E-state index contributed by atoms with van der Waals surface area (Å²) in [6, 6.07) is 11.9. The number of ether oxygens (including phenoxy) is 2. The Morgan fingerprint density at radius 2 is 1.82 bits per heavy atom. The van der Waals surface area contributed by atoms with Crippen molar-refractivity contribution in [2.45, 2.75) is 52.2 Å². The van der Waals surface area contributed by atoms with E-state index in [0.29, 0.717) is 17.9 Å². The van der Waals surface area contributed by atoms with Gasteiger partial charge in [0.15, 0.2) is 5.65 Å². The summed E-state index contributed by atoms with van der Waals surface area (Å²) in [6.07, 6.45) is -1.14. The van der Waals surface area contributed by atoms with E-state index in [1.165, 1.54) is 4.90 Å². The number of amides is 1. The normalized spacial score (nSPS) is 18.6. The molecule has 0 aliphatic carbocycles. The molecule has 3 heterocycles. The summed E-state index contributed by atoms with van der Waals surface area (Å²) < 4.78 is 11.1. The van der Waals surface area contributed by atoms with Gasteiger partial charge in [-0.2, -0.15) is 0 Å². The highest BCUT2D eigenvalue weighted by Gasteiger charge is 2.37. The van der Waals surface area contributed by atoms with Gasteiger partial charge in [0.2, 0.25) is 0 Å². The zero-order chi connectivity index (χ0) is 23.9. The molecule has 2 aromatic heterocycles. The summed E-state index contributed by atoms with van der Waals surface area (Å²) in [7, 11) is 1.66. The number of fused-ring (bicyclic) bond motifs is 1. The molecule has 2 atom stereocenters. The summed E-state index contributed by atoms with van der Waals surface area (Å²) in [5.74, 6) is 0.470. The Balaban J connectivity index is 1.66. The molecular formula is C26H31N3O4. The number of hydrogen-bond acceptors (Lipinski definition) is 6. The van der Waals surface area contributed by atoms with Crippen molar-refractivity contribution in [1.29, 1.82) is 0 Å². The molecule has 1 N–H and O–H groups in total. The number of benzene rings is 1. The number of aliphatic hydroxyl groups is 1. The van der Waals surface area contributed by atoms with Crippen LogP contribution in [0.15, 0.2) is 36.4 Å². The number of hydrogen-bond donors (Lipinski definition) is 1. The number of likely N-dealkylation sites (tertiary alicyclic amines) is 1. The number of aromatic nitrogens is 2. The smallest absolute Gasteiger partial charge is 0.410 e. The van der Waals surface area contributed by atoms with Crippen molar-refractivity contribution in [2.75, 3.05) is 20.2 Å². The third kappa shape index (κ3) is 4.78. The first-order chi connectivity index (χ1) is 15.6. The Hall–Kier alpha value is -3.19. The molecule has 1 aliphatic heterocycles. The van der Waals surface area contributed by atoms with E-state index in [2.05, 4.69) is 6.07 Å². The van der Waals surface area contributed by atoms with Crippen LogP contribution in [0.2, 0.25) is 0 Å². The van der Waals surface area contributed by atoms with E-state index < -0.39 is 17.8 Å². The number of rotatable bonds is 3. The molecule has 1 aromatic carbocycles. The number of aryl methyl sites for hydroxylation is 2. The number of nitrogens with zero attached hydrogens (tertiary/aromatic N) is 3. The molecule has 1 fully saturated rings. The highest BCUT2D eigenvalue weighted by molar-refractivity contribution is 5.81. The molecule has 0 spiro atoms. The lowest BCUT2D eigenvalue weighted by molar-refractivity contribution is 0.0270. The number of β-amino-alcohol motifs (C(OH)–C–C–N with tert-alkyl or cyclic N) is 1. The number of methoxy groups -OCH3 is 1. The average molecular weight is 450 g/mol. The number of pyridine rings is 2. The Labute approximate surface area is 194 Å². The van der Waals surface area contributed by atoms with Crippen molar-refractivity contribution < 1.29 is 19.4 Å². The molecule has 1 amide bonds. The van der Waals surface area contributed by atoms with Gasteiger partial charge in [-0.15, -0.1) is 0 Å². The quantitative estimate of drug-likeness (QED) is 0.628. The van der Waals surface area contributed by atoms with Crippen LogP contribution in [0.25, 0.3) is 22.3 Å². The Bertz CT molecular complexity index is 1200. The topological polar surface area (TPSA) is 84.8 Å². The largest absolute Gasteiger partial charge is 0.496 e. The fourth-order valence-corrected chi connectivity index (χ4v) is 4.33. The maximum Gasteiger partial charge on any atom is 0.410 e. The third-order valence-electron chi connectivity index (χ3n) is 5.81. The van der Waals surface area contributed by atoms with Gasteiger partial charge in [0.1, 0.15) is 11.4 Å². The van der Waals surface area contributed by atoms with Crippen molar-refractivity contribution in [3.8, 4) is 17.0 Å². The molecular weight excluding hydrogens is 418 g/mol. The van der Waals surface area contributed by atoms with Crippen molar-refractivity contribution >= 4 is 17.1 Å². The van der Waals surface area contributed by atoms with Crippen molar-refractivity contribution in [1.82, 2.24) is 14.9 Å². The van der Waals surface area contributed by atoms with Gasteiger partial charge in [-0.25, -0.2) is 14.8 Å². The highest BCUT2D eigenvalue weighted by atomic mass is 16.6. The van der Waals surface area contributed by atoms with Crippen LogP contribution in [0.3, 0.4) is 0 Å². The summed E-state index contributed by atoms with van der Waals surface area (Å²) in [5.41, 5.74) is 4.64. The summed E-state index contributed by atoms with van der Waals surface area (Å²) in [6.45, 7) is 10.1. The molecule has 0 saturated carbocycles. The van der Waals surface area contributed by atoms with Gasteiger partial charge in [-0.1, -0.05) is 6.07 Å². The monoisotopic (exact) mass is 449 g/mol. The lowest BCUT2D eigenvalue weighted by Crippen LogP contribution is -2.35. The van der Waals surface area contributed by atoms with Gasteiger partial charge in [-0.3, -0.25) is 0 Å². The molecule has 33 heavy (non-hydrogen) atoms. The second-order valence-electron chi connectivity index (χ2n) is 9.70. The van der Waals surface area contributed by atoms with Crippen LogP contribution >= 0.6 is 0 Å². The van der Waals surface area contributed by atoms with Gasteiger partial charge in [0.25, 0.3) is 0 Å². The van der Waals surface area contributed by atoms with Gasteiger partial charge in [0.05, 0.1) is 31.1 Å². The lowest BCUT2D eigenvalue weighted by atomic mass is 9.99. The van der Waals surface area contributed by atoms with Crippen LogP contribution in [-0.4, -0.2) is 58.0 Å². The van der Waals surface area contributed by atoms with Gasteiger partial charge >= 0.3 is 6.09 Å². The molecule has 0 radical (unpaired) electrons. The maximum atomic E-state index is 12.5. The number of carbonyl (C=O) groups is 1. The van der Waals surface area contributed by atoms with Crippen molar-refractivity contribution in [3.63, 3.8) is 0 Å². The van der Waals surface area contributed by atoms with Crippen LogP contribution in [0, 0.1) is 13.8 Å². The lowest BCUT2D eigenvalue weighted by Gasteiger charge is -2.24. The maximum absolute atomic E-state index is 12.5. The molecule has 7 nitrogen and oxygen atoms in total. The number of carbonyl (C=O) groups excluding carboxylic acids is 1. The Morgan fingerprint density at radius 1 is 1.09 bits per heavy atom. The standard InChI is InChI=1S/C26H31N3O4/c1-15-11-16(2)23(22(12-15)32-6)20-10-8-17-7-9-19(27-24(17)28-20)18-13-29(14-21(18)30)25(31)33-26(3,4)5/h7-12,18,21,30H,13-14H2,1-6H3. The predicted octanol–water partition coefficient (Wildman–Crippen LogP) is 4.62. The Kier molecular flexibility index (Phi) is 6.01. The second-order valence-corrected chi connectivity index (χ2v) is 9.70. The summed E-state index contributed by atoms with van der Waals surface area (Å²) in [5, 5.41) is 11.6. The van der Waals surface area contributed by atoms with E-state index in [0.717, 1.165) is 33.5 Å². The van der Waals surface area contributed by atoms with Gasteiger partial charge in [-0.05, 0) is 76.1 Å². The first-order valence-corrected chi connectivity index (χ1v) is 11.1. The first kappa shape index (κ1) is 23.0.